The fourth-order valence-corrected chi connectivity index (χ4v) is 5.38. The minimum absolute atomic E-state index is 0.0590. The third-order valence-corrected chi connectivity index (χ3v) is 6.88. The normalized spacial score (nSPS) is 29.2. The van der Waals surface area contributed by atoms with Crippen LogP contribution in [0.2, 0.25) is 0 Å². The molecule has 0 radical (unpaired) electrons. The molecule has 1 aliphatic heterocycles. The highest BCUT2D eigenvalue weighted by Crippen LogP contribution is 2.38. The van der Waals surface area contributed by atoms with Crippen LogP contribution in [0.3, 0.4) is 0 Å². The van der Waals surface area contributed by atoms with Crippen LogP contribution in [-0.4, -0.2) is 29.9 Å². The second kappa shape index (κ2) is 7.26. The molecular formula is C21H28F2N2O. The molecule has 0 aromatic heterocycles. The Kier molecular flexibility index (Phi) is 5.00. The van der Waals surface area contributed by atoms with Crippen molar-refractivity contribution in [1.29, 1.82) is 0 Å². The molecule has 3 nitrogen and oxygen atoms in total. The Bertz CT molecular complexity index is 693. The number of hydrogen-bond donors (Lipinski definition) is 1. The highest BCUT2D eigenvalue weighted by Gasteiger charge is 2.35. The Balaban J connectivity index is 1.39. The molecule has 0 spiro atoms. The van der Waals surface area contributed by atoms with Crippen LogP contribution < -0.4 is 5.73 Å². The zero-order valence-corrected chi connectivity index (χ0v) is 15.2. The van der Waals surface area contributed by atoms with Crippen molar-refractivity contribution in [3.63, 3.8) is 0 Å². The van der Waals surface area contributed by atoms with Gasteiger partial charge < -0.3 is 10.6 Å². The van der Waals surface area contributed by atoms with E-state index in [1.165, 1.54) is 37.8 Å². The van der Waals surface area contributed by atoms with Gasteiger partial charge in [0.25, 0.3) is 0 Å². The van der Waals surface area contributed by atoms with Gasteiger partial charge in [0.1, 0.15) is 0 Å². The molecule has 2 N–H and O–H groups in total. The molecule has 0 bridgehead atoms. The smallest absolute Gasteiger partial charge is 0.224 e. The number of amides is 1. The molecule has 1 aromatic rings. The summed E-state index contributed by atoms with van der Waals surface area (Å²) in [5.41, 5.74) is 7.98. The van der Waals surface area contributed by atoms with E-state index in [1.54, 1.807) is 0 Å². The quantitative estimate of drug-likeness (QED) is 0.890. The van der Waals surface area contributed by atoms with Crippen LogP contribution in [0.4, 0.5) is 8.78 Å². The summed E-state index contributed by atoms with van der Waals surface area (Å²) >= 11 is 0. The van der Waals surface area contributed by atoms with Gasteiger partial charge in [0.2, 0.25) is 5.91 Å². The van der Waals surface area contributed by atoms with Gasteiger partial charge in [-0.15, -0.1) is 0 Å². The van der Waals surface area contributed by atoms with E-state index in [4.69, 9.17) is 5.73 Å². The molecule has 142 valence electrons. The van der Waals surface area contributed by atoms with E-state index in [9.17, 15) is 13.6 Å². The van der Waals surface area contributed by atoms with Gasteiger partial charge in [0.15, 0.2) is 11.6 Å². The van der Waals surface area contributed by atoms with Crippen LogP contribution in [0.15, 0.2) is 12.1 Å². The zero-order valence-electron chi connectivity index (χ0n) is 15.2. The van der Waals surface area contributed by atoms with E-state index in [2.05, 4.69) is 0 Å². The van der Waals surface area contributed by atoms with Crippen molar-refractivity contribution in [2.75, 3.05) is 13.1 Å². The van der Waals surface area contributed by atoms with Crippen molar-refractivity contribution < 1.29 is 13.6 Å². The van der Waals surface area contributed by atoms with Crippen LogP contribution in [0.5, 0.6) is 0 Å². The van der Waals surface area contributed by atoms with E-state index in [-0.39, 0.29) is 17.9 Å². The highest BCUT2D eigenvalue weighted by molar-refractivity contribution is 5.77. The molecule has 5 heteroatoms. The van der Waals surface area contributed by atoms with Crippen LogP contribution in [0.25, 0.3) is 0 Å². The molecule has 1 heterocycles. The number of halogens is 2. The molecule has 2 aliphatic carbocycles. The van der Waals surface area contributed by atoms with E-state index < -0.39 is 11.6 Å². The summed E-state index contributed by atoms with van der Waals surface area (Å²) in [6.07, 6.45) is 8.03. The first-order valence-electron chi connectivity index (χ1n) is 10.0. The van der Waals surface area contributed by atoms with Crippen molar-refractivity contribution in [3.05, 3.63) is 34.9 Å². The lowest BCUT2D eigenvalue weighted by atomic mass is 9.75. The minimum atomic E-state index is -0.825. The van der Waals surface area contributed by atoms with Crippen LogP contribution in [0, 0.1) is 23.5 Å². The molecule has 3 aliphatic rings. The summed E-state index contributed by atoms with van der Waals surface area (Å²) < 4.78 is 27.1. The van der Waals surface area contributed by atoms with Gasteiger partial charge in [-0.2, -0.15) is 0 Å². The fraction of sp³-hybridized carbons (Fsp3) is 0.667. The molecule has 4 unspecified atom stereocenters. The third-order valence-electron chi connectivity index (χ3n) is 6.88. The summed E-state index contributed by atoms with van der Waals surface area (Å²) in [5.74, 6) is -0.116. The minimum Gasteiger partial charge on any atom is -0.342 e. The maximum absolute atomic E-state index is 13.6. The second-order valence-electron chi connectivity index (χ2n) is 8.41. The molecule has 1 saturated carbocycles. The predicted octanol–water partition coefficient (Wildman–Crippen LogP) is 3.75. The van der Waals surface area contributed by atoms with Crippen molar-refractivity contribution in [2.24, 2.45) is 17.6 Å². The average molecular weight is 362 g/mol. The lowest BCUT2D eigenvalue weighted by molar-refractivity contribution is -0.134. The van der Waals surface area contributed by atoms with E-state index in [1.807, 2.05) is 4.90 Å². The van der Waals surface area contributed by atoms with Crippen molar-refractivity contribution >= 4 is 5.91 Å². The Hall–Kier alpha value is -1.49. The van der Waals surface area contributed by atoms with Gasteiger partial charge in [0, 0.05) is 31.5 Å². The number of hydrogen-bond acceptors (Lipinski definition) is 2. The standard InChI is InChI=1S/C21H28F2N2O/c22-18-9-14-5-6-16(17(14)10-19(18)23)20(24)11-21(26)25-8-7-13-3-1-2-4-15(13)12-25/h9-10,13,15-16,20H,1-8,11-12,24H2. The summed E-state index contributed by atoms with van der Waals surface area (Å²) in [6.45, 7) is 1.71. The van der Waals surface area contributed by atoms with Crippen molar-refractivity contribution in [3.8, 4) is 0 Å². The number of nitrogens with two attached hydrogens (primary N) is 1. The zero-order chi connectivity index (χ0) is 18.3. The fourth-order valence-electron chi connectivity index (χ4n) is 5.38. The van der Waals surface area contributed by atoms with Crippen LogP contribution in [0.1, 0.15) is 62.0 Å². The first-order chi connectivity index (χ1) is 12.5. The Morgan fingerprint density at radius 3 is 2.65 bits per heavy atom. The molecular weight excluding hydrogens is 334 g/mol. The van der Waals surface area contributed by atoms with Gasteiger partial charge in [-0.1, -0.05) is 19.3 Å². The number of nitrogens with zero attached hydrogens (tertiary/aromatic N) is 1. The van der Waals surface area contributed by atoms with Gasteiger partial charge in [-0.25, -0.2) is 8.78 Å². The first kappa shape index (κ1) is 17.9. The summed E-state index contributed by atoms with van der Waals surface area (Å²) in [4.78, 5) is 14.8. The molecule has 4 atom stereocenters. The van der Waals surface area contributed by atoms with Gasteiger partial charge in [0.05, 0.1) is 0 Å². The third kappa shape index (κ3) is 3.38. The van der Waals surface area contributed by atoms with Gasteiger partial charge in [-0.3, -0.25) is 4.79 Å². The number of likely N-dealkylation sites (tertiary alicyclic amines) is 1. The Labute approximate surface area is 153 Å². The van der Waals surface area contributed by atoms with Crippen molar-refractivity contribution in [1.82, 2.24) is 4.90 Å². The van der Waals surface area contributed by atoms with Crippen molar-refractivity contribution in [2.45, 2.75) is 63.3 Å². The van der Waals surface area contributed by atoms with Crippen LogP contribution in [-0.2, 0) is 11.2 Å². The first-order valence-corrected chi connectivity index (χ1v) is 10.0. The molecule has 1 saturated heterocycles. The van der Waals surface area contributed by atoms with Gasteiger partial charge in [-0.05, 0) is 60.8 Å². The number of rotatable bonds is 3. The number of piperidine rings is 1. The second-order valence-corrected chi connectivity index (χ2v) is 8.41. The Morgan fingerprint density at radius 2 is 1.85 bits per heavy atom. The lowest BCUT2D eigenvalue weighted by Crippen LogP contribution is -2.46. The summed E-state index contributed by atoms with van der Waals surface area (Å²) in [7, 11) is 0. The van der Waals surface area contributed by atoms with Gasteiger partial charge >= 0.3 is 0 Å². The van der Waals surface area contributed by atoms with E-state index in [0.717, 1.165) is 43.0 Å². The maximum atomic E-state index is 13.6. The largest absolute Gasteiger partial charge is 0.342 e. The lowest BCUT2D eigenvalue weighted by Gasteiger charge is -2.41. The number of fused-ring (bicyclic) bond motifs is 2. The highest BCUT2D eigenvalue weighted by atomic mass is 19.2. The Morgan fingerprint density at radius 1 is 1.12 bits per heavy atom. The number of aryl methyl sites for hydroxylation is 1. The summed E-state index contributed by atoms with van der Waals surface area (Å²) in [5, 5.41) is 0. The number of carbonyl (C=O) groups is 1. The number of benzene rings is 1. The average Bonchev–Trinajstić information content (AvgIpc) is 3.04. The number of carbonyl (C=O) groups excluding carboxylic acids is 1. The summed E-state index contributed by atoms with van der Waals surface area (Å²) in [6, 6.07) is 2.23. The predicted molar refractivity (Wildman–Crippen MR) is 96.7 cm³/mol. The van der Waals surface area contributed by atoms with Crippen LogP contribution >= 0.6 is 0 Å². The molecule has 4 rings (SSSR count). The SMILES string of the molecule is NC(CC(=O)N1CCC2CCCCC2C1)C1CCc2cc(F)c(F)cc21. The molecule has 26 heavy (non-hydrogen) atoms. The van der Waals surface area contributed by atoms with E-state index >= 15 is 0 Å². The topological polar surface area (TPSA) is 46.3 Å². The van der Waals surface area contributed by atoms with E-state index in [0.29, 0.717) is 18.8 Å². The molecule has 1 aromatic carbocycles. The molecule has 2 fully saturated rings. The maximum Gasteiger partial charge on any atom is 0.224 e. The molecule has 1 amide bonds. The monoisotopic (exact) mass is 362 g/mol.